The number of carboxylic acids is 1. The number of furan rings is 1. The van der Waals surface area contributed by atoms with E-state index < -0.39 is 5.97 Å². The first-order valence-corrected chi connectivity index (χ1v) is 12.2. The average Bonchev–Trinajstić information content (AvgIpc) is 3.26. The Kier molecular flexibility index (Phi) is 7.51. The molecule has 0 amide bonds. The molecular weight excluding hydrogens is 460 g/mol. The van der Waals surface area contributed by atoms with Crippen molar-refractivity contribution >= 4 is 17.7 Å². The van der Waals surface area contributed by atoms with Crippen molar-refractivity contribution in [3.05, 3.63) is 89.0 Å². The first-order valence-electron chi connectivity index (χ1n) is 11.2. The number of aliphatic carboxylic acids is 1. The minimum atomic E-state index is -0.850. The first-order chi connectivity index (χ1) is 16.9. The quantitative estimate of drug-likeness (QED) is 0.252. The van der Waals surface area contributed by atoms with E-state index in [-0.39, 0.29) is 6.42 Å². The Morgan fingerprint density at radius 3 is 2.14 bits per heavy atom. The number of hydrogen-bond donors (Lipinski definition) is 1. The molecule has 1 aromatic heterocycles. The van der Waals surface area contributed by atoms with Crippen LogP contribution in [0.1, 0.15) is 22.3 Å². The number of benzene rings is 3. The Labute approximate surface area is 209 Å². The highest BCUT2D eigenvalue weighted by Crippen LogP contribution is 2.39. The predicted octanol–water partition coefficient (Wildman–Crippen LogP) is 7.17. The van der Waals surface area contributed by atoms with Gasteiger partial charge in [-0.25, -0.2) is 0 Å². The van der Waals surface area contributed by atoms with E-state index in [2.05, 4.69) is 38.1 Å². The van der Waals surface area contributed by atoms with Crippen molar-refractivity contribution in [3.8, 4) is 34.1 Å². The van der Waals surface area contributed by atoms with Crippen molar-refractivity contribution in [2.24, 2.45) is 0 Å². The molecule has 0 saturated heterocycles. The summed E-state index contributed by atoms with van der Waals surface area (Å²) in [5, 5.41) is 9.08. The van der Waals surface area contributed by atoms with Gasteiger partial charge in [0.15, 0.2) is 11.5 Å². The fourth-order valence-corrected chi connectivity index (χ4v) is 5.11. The van der Waals surface area contributed by atoms with Gasteiger partial charge in [0.05, 0.1) is 20.6 Å². The van der Waals surface area contributed by atoms with Gasteiger partial charge in [0.2, 0.25) is 0 Å². The fraction of sp³-hybridized carbons (Fsp3) is 0.207. The summed E-state index contributed by atoms with van der Waals surface area (Å²) in [5.74, 6) is 2.67. The maximum absolute atomic E-state index is 11.1. The molecule has 5 nitrogen and oxygen atoms in total. The summed E-state index contributed by atoms with van der Waals surface area (Å²) in [6.07, 6.45) is -0.00918. The molecule has 0 aliphatic heterocycles. The molecule has 0 bridgehead atoms. The summed E-state index contributed by atoms with van der Waals surface area (Å²) in [6.45, 7) is 4.21. The van der Waals surface area contributed by atoms with E-state index in [0.29, 0.717) is 11.5 Å². The third-order valence-electron chi connectivity index (χ3n) is 5.64. The zero-order valence-corrected chi connectivity index (χ0v) is 21.1. The minimum absolute atomic E-state index is 0.00918. The molecule has 4 rings (SSSR count). The molecule has 3 aromatic carbocycles. The molecule has 180 valence electrons. The highest BCUT2D eigenvalue weighted by Gasteiger charge is 2.17. The van der Waals surface area contributed by atoms with Gasteiger partial charge in [-0.05, 0) is 66.9 Å². The van der Waals surface area contributed by atoms with Crippen LogP contribution in [0.4, 0.5) is 0 Å². The van der Waals surface area contributed by atoms with Gasteiger partial charge in [-0.2, -0.15) is 0 Å². The van der Waals surface area contributed by atoms with Gasteiger partial charge in [-0.3, -0.25) is 4.79 Å². The van der Waals surface area contributed by atoms with E-state index in [4.69, 9.17) is 19.0 Å². The number of rotatable bonds is 9. The molecule has 6 heteroatoms. The van der Waals surface area contributed by atoms with E-state index in [1.807, 2.05) is 42.5 Å². The van der Waals surface area contributed by atoms with Crippen molar-refractivity contribution in [1.29, 1.82) is 0 Å². The number of carboxylic acid groups (broad SMARTS) is 1. The Morgan fingerprint density at radius 2 is 1.51 bits per heavy atom. The van der Waals surface area contributed by atoms with Crippen LogP contribution in [0.2, 0.25) is 0 Å². The molecule has 0 saturated carbocycles. The van der Waals surface area contributed by atoms with E-state index in [0.717, 1.165) is 39.5 Å². The molecule has 0 aliphatic carbocycles. The number of hydrogen-bond acceptors (Lipinski definition) is 5. The molecule has 0 unspecified atom stereocenters. The molecule has 0 spiro atoms. The first kappa shape index (κ1) is 24.5. The van der Waals surface area contributed by atoms with Crippen molar-refractivity contribution < 1.29 is 23.8 Å². The van der Waals surface area contributed by atoms with Gasteiger partial charge in [-0.1, -0.05) is 30.3 Å². The lowest BCUT2D eigenvalue weighted by molar-refractivity contribution is -0.136. The van der Waals surface area contributed by atoms with Crippen LogP contribution < -0.4 is 9.47 Å². The predicted molar refractivity (Wildman–Crippen MR) is 140 cm³/mol. The fourth-order valence-electron chi connectivity index (χ4n) is 4.04. The largest absolute Gasteiger partial charge is 0.493 e. The average molecular weight is 489 g/mol. The lowest BCUT2D eigenvalue weighted by atomic mass is 10.1. The molecule has 4 aromatic rings. The van der Waals surface area contributed by atoms with E-state index >= 15 is 0 Å². The van der Waals surface area contributed by atoms with Gasteiger partial charge in [0.25, 0.3) is 0 Å². The van der Waals surface area contributed by atoms with Gasteiger partial charge < -0.3 is 19.0 Å². The highest BCUT2D eigenvalue weighted by atomic mass is 32.2. The summed E-state index contributed by atoms with van der Waals surface area (Å²) in [4.78, 5) is 12.3. The second-order valence-corrected chi connectivity index (χ2v) is 9.46. The van der Waals surface area contributed by atoms with Crippen LogP contribution in [-0.2, 0) is 17.0 Å². The molecule has 0 atom stereocenters. The van der Waals surface area contributed by atoms with Crippen LogP contribution in [-0.4, -0.2) is 25.3 Å². The summed E-state index contributed by atoms with van der Waals surface area (Å²) in [7, 11) is 3.22. The third kappa shape index (κ3) is 5.89. The standard InChI is InChI=1S/C29H28O5S/c1-18-11-19(2)13-24(12-18)35-17-23-16-26(22-9-10-25(32-3)27(15-22)33-4)34-29(23)21-7-5-20(6-8-21)14-28(30)31/h5-13,15-16H,14,17H2,1-4H3,(H,30,31). The molecular formula is C29H28O5S. The van der Waals surface area contributed by atoms with E-state index in [9.17, 15) is 4.79 Å². The zero-order chi connectivity index (χ0) is 24.9. The number of thioether (sulfide) groups is 1. The SMILES string of the molecule is COc1ccc(-c2cc(CSc3cc(C)cc(C)c3)c(-c3ccc(CC(=O)O)cc3)o2)cc1OC. The minimum Gasteiger partial charge on any atom is -0.493 e. The number of ether oxygens (including phenoxy) is 2. The Morgan fingerprint density at radius 1 is 0.857 bits per heavy atom. The molecule has 35 heavy (non-hydrogen) atoms. The summed E-state index contributed by atoms with van der Waals surface area (Å²) in [6, 6.07) is 21.8. The Bertz CT molecular complexity index is 1320. The van der Waals surface area contributed by atoms with Crippen molar-refractivity contribution in [2.75, 3.05) is 14.2 Å². The summed E-state index contributed by atoms with van der Waals surface area (Å²) >= 11 is 1.76. The van der Waals surface area contributed by atoms with Gasteiger partial charge in [0, 0.05) is 27.3 Å². The van der Waals surface area contributed by atoms with Crippen LogP contribution in [0, 0.1) is 13.8 Å². The normalized spacial score (nSPS) is 10.9. The second-order valence-electron chi connectivity index (χ2n) is 8.41. The lowest BCUT2D eigenvalue weighted by Crippen LogP contribution is -1.99. The van der Waals surface area contributed by atoms with E-state index in [1.165, 1.54) is 16.0 Å². The summed E-state index contributed by atoms with van der Waals surface area (Å²) < 4.78 is 17.2. The second kappa shape index (κ2) is 10.7. The Hall–Kier alpha value is -3.64. The maximum Gasteiger partial charge on any atom is 0.307 e. The van der Waals surface area contributed by atoms with Crippen LogP contribution in [0.5, 0.6) is 11.5 Å². The molecule has 1 heterocycles. The lowest BCUT2D eigenvalue weighted by Gasteiger charge is -2.08. The highest BCUT2D eigenvalue weighted by molar-refractivity contribution is 7.98. The van der Waals surface area contributed by atoms with Crippen LogP contribution >= 0.6 is 11.8 Å². The van der Waals surface area contributed by atoms with Crippen molar-refractivity contribution in [2.45, 2.75) is 30.9 Å². The number of carbonyl (C=O) groups is 1. The van der Waals surface area contributed by atoms with Crippen LogP contribution in [0.15, 0.2) is 76.0 Å². The van der Waals surface area contributed by atoms with Crippen LogP contribution in [0.3, 0.4) is 0 Å². The molecule has 0 radical (unpaired) electrons. The third-order valence-corrected chi connectivity index (χ3v) is 6.66. The monoisotopic (exact) mass is 488 g/mol. The van der Waals surface area contributed by atoms with Crippen LogP contribution in [0.25, 0.3) is 22.6 Å². The van der Waals surface area contributed by atoms with Crippen molar-refractivity contribution in [1.82, 2.24) is 0 Å². The summed E-state index contributed by atoms with van der Waals surface area (Å²) in [5.41, 5.74) is 6.07. The topological polar surface area (TPSA) is 68.9 Å². The zero-order valence-electron chi connectivity index (χ0n) is 20.3. The molecule has 0 aliphatic rings. The van der Waals surface area contributed by atoms with Crippen molar-refractivity contribution in [3.63, 3.8) is 0 Å². The van der Waals surface area contributed by atoms with Gasteiger partial charge >= 0.3 is 5.97 Å². The van der Waals surface area contributed by atoms with Gasteiger partial charge in [0.1, 0.15) is 11.5 Å². The molecule has 0 fully saturated rings. The smallest absolute Gasteiger partial charge is 0.307 e. The van der Waals surface area contributed by atoms with E-state index in [1.54, 1.807) is 26.0 Å². The maximum atomic E-state index is 11.1. The molecule has 1 N–H and O–H groups in total. The van der Waals surface area contributed by atoms with Gasteiger partial charge in [-0.15, -0.1) is 11.8 Å². The Balaban J connectivity index is 1.71. The number of aryl methyl sites for hydroxylation is 2. The number of methoxy groups -OCH3 is 2.